The van der Waals surface area contributed by atoms with Gasteiger partial charge in [-0.2, -0.15) is 5.26 Å². The number of rotatable bonds is 2. The summed E-state index contributed by atoms with van der Waals surface area (Å²) < 4.78 is 1.09. The van der Waals surface area contributed by atoms with Crippen molar-refractivity contribution in [2.75, 3.05) is 25.0 Å². The quantitative estimate of drug-likeness (QED) is 0.841. The first-order valence-electron chi connectivity index (χ1n) is 6.21. The molecule has 1 aliphatic rings. The number of likely N-dealkylation sites (N-methyl/N-ethyl adjacent to an activating group) is 1. The molecule has 4 heteroatoms. The third kappa shape index (κ3) is 2.85. The standard InChI is InChI=1S/C14H18BrN3/c1-11-9-18(13-5-3-4-12(15)8-13)14(6-7-16)10-17(11)2/h3-5,8,11,14H,6,9-10H2,1-2H3. The number of hydrogen-bond donors (Lipinski definition) is 0. The molecule has 0 spiro atoms. The Hall–Kier alpha value is -1.05. The van der Waals surface area contributed by atoms with Crippen LogP contribution in [0.1, 0.15) is 13.3 Å². The minimum absolute atomic E-state index is 0.283. The average molecular weight is 308 g/mol. The number of nitrogens with zero attached hydrogens (tertiary/aromatic N) is 3. The topological polar surface area (TPSA) is 30.3 Å². The molecule has 1 aliphatic heterocycles. The molecule has 0 aliphatic carbocycles. The SMILES string of the molecule is CC1CN(c2cccc(Br)c2)C(CC#N)CN1C. The lowest BCUT2D eigenvalue weighted by Crippen LogP contribution is -2.56. The van der Waals surface area contributed by atoms with Gasteiger partial charge in [0.05, 0.1) is 18.5 Å². The first kappa shape index (κ1) is 13.4. The summed E-state index contributed by atoms with van der Waals surface area (Å²) in [5, 5.41) is 8.99. The molecule has 0 aromatic heterocycles. The van der Waals surface area contributed by atoms with E-state index in [1.807, 2.05) is 12.1 Å². The van der Waals surface area contributed by atoms with Crippen LogP contribution in [0.2, 0.25) is 0 Å². The number of benzene rings is 1. The van der Waals surface area contributed by atoms with E-state index in [2.05, 4.69) is 57.9 Å². The lowest BCUT2D eigenvalue weighted by molar-refractivity contribution is 0.201. The molecule has 2 unspecified atom stereocenters. The van der Waals surface area contributed by atoms with Gasteiger partial charge in [-0.25, -0.2) is 0 Å². The smallest absolute Gasteiger partial charge is 0.0643 e. The fourth-order valence-corrected chi connectivity index (χ4v) is 2.82. The average Bonchev–Trinajstić information content (AvgIpc) is 2.34. The minimum Gasteiger partial charge on any atom is -0.365 e. The van der Waals surface area contributed by atoms with Crippen molar-refractivity contribution in [3.63, 3.8) is 0 Å². The summed E-state index contributed by atoms with van der Waals surface area (Å²) in [5.41, 5.74) is 1.20. The maximum atomic E-state index is 8.99. The highest BCUT2D eigenvalue weighted by Gasteiger charge is 2.29. The molecule has 0 amide bonds. The Morgan fingerprint density at radius 3 is 2.89 bits per heavy atom. The predicted molar refractivity (Wildman–Crippen MR) is 77.6 cm³/mol. The molecular formula is C14H18BrN3. The van der Waals surface area contributed by atoms with E-state index < -0.39 is 0 Å². The molecular weight excluding hydrogens is 290 g/mol. The molecule has 0 saturated carbocycles. The van der Waals surface area contributed by atoms with Crippen LogP contribution >= 0.6 is 15.9 Å². The zero-order valence-corrected chi connectivity index (χ0v) is 12.4. The van der Waals surface area contributed by atoms with Crippen LogP contribution in [0.4, 0.5) is 5.69 Å². The number of halogens is 1. The molecule has 3 nitrogen and oxygen atoms in total. The number of hydrogen-bond acceptors (Lipinski definition) is 3. The van der Waals surface area contributed by atoms with Crippen molar-refractivity contribution >= 4 is 21.6 Å². The second-order valence-corrected chi connectivity index (χ2v) is 5.85. The summed E-state index contributed by atoms with van der Waals surface area (Å²) in [6, 6.07) is 11.4. The Balaban J connectivity index is 2.25. The second-order valence-electron chi connectivity index (χ2n) is 4.94. The van der Waals surface area contributed by atoms with E-state index in [4.69, 9.17) is 5.26 Å². The first-order chi connectivity index (χ1) is 8.61. The lowest BCUT2D eigenvalue weighted by Gasteiger charge is -2.44. The molecule has 1 fully saturated rings. The van der Waals surface area contributed by atoms with E-state index in [0.717, 1.165) is 17.6 Å². The maximum absolute atomic E-state index is 8.99. The Morgan fingerprint density at radius 2 is 2.22 bits per heavy atom. The Labute approximate surface area is 117 Å². The predicted octanol–water partition coefficient (Wildman–Crippen LogP) is 2.87. The summed E-state index contributed by atoms with van der Waals surface area (Å²) in [4.78, 5) is 4.69. The number of anilines is 1. The van der Waals surface area contributed by atoms with Crippen LogP contribution in [0.25, 0.3) is 0 Å². The van der Waals surface area contributed by atoms with Crippen molar-refractivity contribution < 1.29 is 0 Å². The zero-order chi connectivity index (χ0) is 13.1. The van der Waals surface area contributed by atoms with Gasteiger partial charge in [-0.15, -0.1) is 0 Å². The maximum Gasteiger partial charge on any atom is 0.0643 e. The summed E-state index contributed by atoms with van der Waals surface area (Å²) in [7, 11) is 2.13. The van der Waals surface area contributed by atoms with Crippen LogP contribution in [0.5, 0.6) is 0 Å². The van der Waals surface area contributed by atoms with E-state index in [0.29, 0.717) is 12.5 Å². The molecule has 0 bridgehead atoms. The third-order valence-corrected chi connectivity index (χ3v) is 4.11. The van der Waals surface area contributed by atoms with Crippen molar-refractivity contribution in [2.45, 2.75) is 25.4 Å². The van der Waals surface area contributed by atoms with E-state index in [9.17, 15) is 0 Å². The first-order valence-corrected chi connectivity index (χ1v) is 7.00. The van der Waals surface area contributed by atoms with Crippen molar-refractivity contribution in [2.24, 2.45) is 0 Å². The van der Waals surface area contributed by atoms with Crippen molar-refractivity contribution in [3.8, 4) is 6.07 Å². The summed E-state index contributed by atoms with van der Waals surface area (Å²) in [6.45, 7) is 4.15. The lowest BCUT2D eigenvalue weighted by atomic mass is 10.0. The molecule has 18 heavy (non-hydrogen) atoms. The minimum atomic E-state index is 0.283. The van der Waals surface area contributed by atoms with Crippen LogP contribution in [0.15, 0.2) is 28.7 Å². The summed E-state index contributed by atoms with van der Waals surface area (Å²) >= 11 is 3.51. The molecule has 2 rings (SSSR count). The number of nitriles is 1. The highest BCUT2D eigenvalue weighted by Crippen LogP contribution is 2.26. The van der Waals surface area contributed by atoms with Gasteiger partial charge < -0.3 is 4.90 Å². The van der Waals surface area contributed by atoms with E-state index in [1.54, 1.807) is 0 Å². The van der Waals surface area contributed by atoms with Crippen LogP contribution in [-0.4, -0.2) is 37.1 Å². The van der Waals surface area contributed by atoms with E-state index >= 15 is 0 Å². The molecule has 0 radical (unpaired) electrons. The van der Waals surface area contributed by atoms with Crippen LogP contribution in [0.3, 0.4) is 0 Å². The van der Waals surface area contributed by atoms with Gasteiger partial charge in [0.25, 0.3) is 0 Å². The fourth-order valence-electron chi connectivity index (χ4n) is 2.44. The van der Waals surface area contributed by atoms with Gasteiger partial charge in [-0.1, -0.05) is 22.0 Å². The summed E-state index contributed by atoms with van der Waals surface area (Å²) in [6.07, 6.45) is 0.573. The van der Waals surface area contributed by atoms with Gasteiger partial charge in [0, 0.05) is 29.3 Å². The van der Waals surface area contributed by atoms with Gasteiger partial charge in [0.15, 0.2) is 0 Å². The van der Waals surface area contributed by atoms with Crippen LogP contribution in [0, 0.1) is 11.3 Å². The normalized spacial score (nSPS) is 24.9. The van der Waals surface area contributed by atoms with Crippen molar-refractivity contribution in [1.29, 1.82) is 5.26 Å². The van der Waals surface area contributed by atoms with Gasteiger partial charge >= 0.3 is 0 Å². The Kier molecular flexibility index (Phi) is 4.26. The highest BCUT2D eigenvalue weighted by molar-refractivity contribution is 9.10. The molecule has 1 aromatic carbocycles. The fraction of sp³-hybridized carbons (Fsp3) is 0.500. The van der Waals surface area contributed by atoms with E-state index in [1.165, 1.54) is 5.69 Å². The molecule has 1 saturated heterocycles. The van der Waals surface area contributed by atoms with Gasteiger partial charge in [-0.3, -0.25) is 4.90 Å². The number of piperazine rings is 1. The van der Waals surface area contributed by atoms with Gasteiger partial charge in [-0.05, 0) is 32.2 Å². The van der Waals surface area contributed by atoms with Crippen LogP contribution < -0.4 is 4.90 Å². The van der Waals surface area contributed by atoms with Gasteiger partial charge in [0.1, 0.15) is 0 Å². The van der Waals surface area contributed by atoms with Crippen molar-refractivity contribution in [3.05, 3.63) is 28.7 Å². The molecule has 2 atom stereocenters. The Morgan fingerprint density at radius 1 is 1.44 bits per heavy atom. The molecule has 1 aromatic rings. The monoisotopic (exact) mass is 307 g/mol. The Bertz CT molecular complexity index is 455. The summed E-state index contributed by atoms with van der Waals surface area (Å²) in [5.74, 6) is 0. The van der Waals surface area contributed by atoms with Crippen LogP contribution in [-0.2, 0) is 0 Å². The largest absolute Gasteiger partial charge is 0.365 e. The third-order valence-electron chi connectivity index (χ3n) is 3.62. The molecule has 96 valence electrons. The second kappa shape index (κ2) is 5.73. The molecule has 1 heterocycles. The van der Waals surface area contributed by atoms with Crippen molar-refractivity contribution in [1.82, 2.24) is 4.90 Å². The highest BCUT2D eigenvalue weighted by atomic mass is 79.9. The zero-order valence-electron chi connectivity index (χ0n) is 10.8. The van der Waals surface area contributed by atoms with Gasteiger partial charge in [0.2, 0.25) is 0 Å². The molecule has 0 N–H and O–H groups in total. The van der Waals surface area contributed by atoms with E-state index in [-0.39, 0.29) is 6.04 Å².